The summed E-state index contributed by atoms with van der Waals surface area (Å²) in [4.78, 5) is 44.6. The Labute approximate surface area is 459 Å². The first-order valence-corrected chi connectivity index (χ1v) is 25.5. The van der Waals surface area contributed by atoms with Gasteiger partial charge in [0.2, 0.25) is 0 Å². The topological polar surface area (TPSA) is 153 Å². The standard InChI is InChI=1S/C23H20ClF3N4O2.C20H22BF3N2O3.C9H10ClIN2O/c1-14-2-3-17(29-22(32)15-4-5-28-19(10-15)23(25,26)27)13-18(14)16-11-20(24)30-21(12-16)31-6-8-33-9-7-31;1-12-6-7-14(11-15(12)21-28-18(2,3)19(4,5)29-21)26-17(27)13-8-9-25-16(10-13)20(22,23)24;10-8-5-7(11)6-9(12-8)13-1-3-14-4-2-13/h2-5,10-13H,6-9H2,1H3,(H,29,32);6-11H,1-5H3,(H,26,27);5-6H,1-4H2. The van der Waals surface area contributed by atoms with Gasteiger partial charge in [-0.2, -0.15) is 26.3 Å². The Kier molecular flexibility index (Phi) is 18.6. The maximum Gasteiger partial charge on any atom is 0.495 e. The zero-order valence-electron chi connectivity index (χ0n) is 42.0. The van der Waals surface area contributed by atoms with Crippen LogP contribution in [0, 0.1) is 17.4 Å². The number of alkyl halides is 6. The Balaban J connectivity index is 0.000000178. The Morgan fingerprint density at radius 2 is 1.07 bits per heavy atom. The fraction of sp³-hybridized carbons (Fsp3) is 0.346. The van der Waals surface area contributed by atoms with Gasteiger partial charge in [0.25, 0.3) is 11.8 Å². The maximum atomic E-state index is 12.9. The summed E-state index contributed by atoms with van der Waals surface area (Å²) in [6.45, 7) is 17.5. The van der Waals surface area contributed by atoms with Gasteiger partial charge < -0.3 is 39.2 Å². The summed E-state index contributed by atoms with van der Waals surface area (Å²) in [6, 6.07) is 21.9. The van der Waals surface area contributed by atoms with E-state index >= 15 is 0 Å². The third-order valence-corrected chi connectivity index (χ3v) is 13.7. The average Bonchev–Trinajstić information content (AvgIpc) is 3.60. The van der Waals surface area contributed by atoms with Gasteiger partial charge in [-0.1, -0.05) is 40.9 Å². The number of carbonyl (C=O) groups excluding carboxylic acids is 2. The van der Waals surface area contributed by atoms with E-state index in [9.17, 15) is 35.9 Å². The highest BCUT2D eigenvalue weighted by molar-refractivity contribution is 14.1. The van der Waals surface area contributed by atoms with E-state index in [2.05, 4.69) is 63.0 Å². The molecule has 3 fully saturated rings. The molecule has 0 saturated carbocycles. The van der Waals surface area contributed by atoms with E-state index < -0.39 is 53.9 Å². The molecule has 0 unspecified atom stereocenters. The molecule has 3 aliphatic rings. The van der Waals surface area contributed by atoms with Gasteiger partial charge in [0, 0.05) is 64.6 Å². The molecule has 3 aliphatic heterocycles. The predicted molar refractivity (Wildman–Crippen MR) is 289 cm³/mol. The van der Waals surface area contributed by atoms with Crippen molar-refractivity contribution in [3.8, 4) is 11.1 Å². The highest BCUT2D eigenvalue weighted by atomic mass is 127. The molecule has 3 saturated heterocycles. The summed E-state index contributed by atoms with van der Waals surface area (Å²) >= 11 is 14.4. The van der Waals surface area contributed by atoms with Crippen molar-refractivity contribution < 1.29 is 54.7 Å². The van der Waals surface area contributed by atoms with E-state index in [4.69, 9.17) is 42.0 Å². The molecule has 0 aliphatic carbocycles. The molecular formula is C52H52BCl2F6IN8O6. The van der Waals surface area contributed by atoms with Crippen LogP contribution in [0.25, 0.3) is 11.1 Å². The summed E-state index contributed by atoms with van der Waals surface area (Å²) < 4.78 is 101. The van der Waals surface area contributed by atoms with Crippen LogP contribution in [0.15, 0.2) is 97.3 Å². The lowest BCUT2D eigenvalue weighted by atomic mass is 9.76. The molecule has 6 aromatic rings. The number of pyridine rings is 4. The van der Waals surface area contributed by atoms with Gasteiger partial charge in [-0.3, -0.25) is 19.6 Å². The predicted octanol–water partition coefficient (Wildman–Crippen LogP) is 11.3. The van der Waals surface area contributed by atoms with Crippen molar-refractivity contribution >= 4 is 93.2 Å². The maximum absolute atomic E-state index is 12.9. The number of benzene rings is 2. The first kappa shape index (κ1) is 58.1. The van der Waals surface area contributed by atoms with Crippen LogP contribution in [0.2, 0.25) is 10.3 Å². The van der Waals surface area contributed by atoms with E-state index in [0.717, 1.165) is 93.8 Å². The number of aryl methyl sites for hydroxylation is 2. The number of nitrogens with one attached hydrogen (secondary N) is 2. The van der Waals surface area contributed by atoms with Crippen molar-refractivity contribution in [2.75, 3.05) is 73.0 Å². The Bertz CT molecular complexity index is 3020. The van der Waals surface area contributed by atoms with Crippen molar-refractivity contribution in [2.45, 2.75) is 65.1 Å². The number of halogens is 9. The third kappa shape index (κ3) is 15.1. The van der Waals surface area contributed by atoms with Crippen molar-refractivity contribution in [3.63, 3.8) is 0 Å². The first-order valence-electron chi connectivity index (χ1n) is 23.7. The van der Waals surface area contributed by atoms with E-state index in [1.807, 2.05) is 65.8 Å². The summed E-state index contributed by atoms with van der Waals surface area (Å²) in [6.07, 6.45) is -7.33. The normalized spacial score (nSPS) is 16.2. The molecule has 14 nitrogen and oxygen atoms in total. The third-order valence-electron chi connectivity index (χ3n) is 12.7. The summed E-state index contributed by atoms with van der Waals surface area (Å²) in [5, 5.41) is 6.17. The number of hydrogen-bond donors (Lipinski definition) is 2. The van der Waals surface area contributed by atoms with Gasteiger partial charge >= 0.3 is 19.5 Å². The zero-order chi connectivity index (χ0) is 55.2. The molecular weight excluding hydrogens is 1160 g/mol. The van der Waals surface area contributed by atoms with E-state index in [1.54, 1.807) is 36.4 Å². The van der Waals surface area contributed by atoms with Crippen LogP contribution in [0.3, 0.4) is 0 Å². The number of hydrogen-bond acceptors (Lipinski definition) is 12. The van der Waals surface area contributed by atoms with Crippen molar-refractivity contribution in [1.82, 2.24) is 19.9 Å². The molecule has 402 valence electrons. The van der Waals surface area contributed by atoms with Gasteiger partial charge in [0.05, 0.1) is 37.6 Å². The van der Waals surface area contributed by atoms with Gasteiger partial charge in [0.1, 0.15) is 33.3 Å². The second kappa shape index (κ2) is 24.4. The quantitative estimate of drug-likeness (QED) is 0.0645. The Hall–Kier alpha value is -5.63. The molecule has 2 amide bonds. The van der Waals surface area contributed by atoms with Crippen LogP contribution in [-0.4, -0.2) is 103 Å². The van der Waals surface area contributed by atoms with Gasteiger partial charge in [-0.15, -0.1) is 0 Å². The fourth-order valence-electron chi connectivity index (χ4n) is 7.81. The zero-order valence-corrected chi connectivity index (χ0v) is 45.7. The van der Waals surface area contributed by atoms with Crippen LogP contribution < -0.4 is 25.9 Å². The molecule has 7 heterocycles. The number of amides is 2. The monoisotopic (exact) mass is 1210 g/mol. The van der Waals surface area contributed by atoms with Gasteiger partial charge in [0.15, 0.2) is 0 Å². The van der Waals surface area contributed by atoms with Gasteiger partial charge in [-0.25, -0.2) is 9.97 Å². The second-order valence-electron chi connectivity index (χ2n) is 18.7. The molecule has 24 heteroatoms. The number of carbonyl (C=O) groups is 2. The minimum Gasteiger partial charge on any atom is -0.399 e. The van der Waals surface area contributed by atoms with Crippen LogP contribution >= 0.6 is 45.8 Å². The lowest BCUT2D eigenvalue weighted by Crippen LogP contribution is -2.41. The molecule has 0 atom stereocenters. The highest BCUT2D eigenvalue weighted by Gasteiger charge is 2.52. The van der Waals surface area contributed by atoms with Crippen LogP contribution in [0.1, 0.15) is 70.9 Å². The molecule has 0 bridgehead atoms. The number of aromatic nitrogens is 4. The molecule has 2 N–H and O–H groups in total. The van der Waals surface area contributed by atoms with Crippen LogP contribution in [-0.2, 0) is 31.1 Å². The number of rotatable bonds is 8. The Morgan fingerprint density at radius 3 is 1.54 bits per heavy atom. The van der Waals surface area contributed by atoms with Crippen molar-refractivity contribution in [2.24, 2.45) is 0 Å². The van der Waals surface area contributed by atoms with Crippen LogP contribution in [0.5, 0.6) is 0 Å². The largest absolute Gasteiger partial charge is 0.495 e. The van der Waals surface area contributed by atoms with Crippen molar-refractivity contribution in [1.29, 1.82) is 0 Å². The summed E-state index contributed by atoms with van der Waals surface area (Å²) in [5.41, 5.74) is 1.53. The van der Waals surface area contributed by atoms with E-state index in [0.29, 0.717) is 48.0 Å². The van der Waals surface area contributed by atoms with Crippen molar-refractivity contribution in [3.05, 3.63) is 145 Å². The van der Waals surface area contributed by atoms with E-state index in [-0.39, 0.29) is 11.1 Å². The number of anilines is 4. The van der Waals surface area contributed by atoms with Crippen LogP contribution in [0.4, 0.5) is 49.4 Å². The minimum absolute atomic E-state index is 0.134. The molecule has 4 aromatic heterocycles. The average molecular weight is 1210 g/mol. The Morgan fingerprint density at radius 1 is 0.618 bits per heavy atom. The lowest BCUT2D eigenvalue weighted by Gasteiger charge is -2.32. The number of ether oxygens (including phenoxy) is 2. The molecule has 0 spiro atoms. The summed E-state index contributed by atoms with van der Waals surface area (Å²) in [7, 11) is -0.616. The number of nitrogens with zero attached hydrogens (tertiary/aromatic N) is 6. The SMILES string of the molecule is Cc1ccc(NC(=O)c2ccnc(C(F)(F)F)c2)cc1-c1cc(Cl)nc(N2CCOCC2)c1.Cc1ccc(NC(=O)c2ccnc(C(F)(F)F)c2)cc1B1OC(C)(C)C(C)(C)O1.Clc1cc(I)cc(N2CCOCC2)n1. The molecule has 2 aromatic carbocycles. The minimum atomic E-state index is -4.63. The van der Waals surface area contributed by atoms with Gasteiger partial charge in [-0.05, 0) is 159 Å². The lowest BCUT2D eigenvalue weighted by molar-refractivity contribution is -0.142. The fourth-order valence-corrected chi connectivity index (χ4v) is 8.98. The number of morpholine rings is 2. The molecule has 76 heavy (non-hydrogen) atoms. The second-order valence-corrected chi connectivity index (χ2v) is 20.7. The first-order chi connectivity index (χ1) is 35.8. The highest BCUT2D eigenvalue weighted by Crippen LogP contribution is 2.37. The molecule has 0 radical (unpaired) electrons. The van der Waals surface area contributed by atoms with E-state index in [1.165, 1.54) is 12.1 Å². The molecule has 9 rings (SSSR count). The smallest absolute Gasteiger partial charge is 0.399 e. The summed E-state index contributed by atoms with van der Waals surface area (Å²) in [5.74, 6) is 0.345.